The first-order valence-corrected chi connectivity index (χ1v) is 7.73. The summed E-state index contributed by atoms with van der Waals surface area (Å²) >= 11 is 8.20. The number of hydrogen-bond donors (Lipinski definition) is 1. The molecule has 0 aromatic heterocycles. The molecule has 0 fully saturated rings. The Kier molecular flexibility index (Phi) is 3.72. The lowest BCUT2D eigenvalue weighted by Gasteiger charge is -2.14. The van der Waals surface area contributed by atoms with Crippen molar-refractivity contribution < 1.29 is 0 Å². The second kappa shape index (κ2) is 5.48. The molecule has 1 heterocycles. The highest BCUT2D eigenvalue weighted by Crippen LogP contribution is 2.37. The molecule has 0 aliphatic carbocycles. The fourth-order valence-electron chi connectivity index (χ4n) is 2.44. The van der Waals surface area contributed by atoms with Crippen molar-refractivity contribution in [3.05, 3.63) is 58.6 Å². The van der Waals surface area contributed by atoms with Gasteiger partial charge in [0.05, 0.1) is 10.7 Å². The van der Waals surface area contributed by atoms with Crippen LogP contribution in [0.15, 0.2) is 47.4 Å². The minimum Gasteiger partial charge on any atom is -0.382 e. The van der Waals surface area contributed by atoms with E-state index in [1.54, 1.807) is 0 Å². The molecule has 1 atom stereocenters. The Morgan fingerprint density at radius 2 is 2.05 bits per heavy atom. The van der Waals surface area contributed by atoms with Crippen molar-refractivity contribution in [2.24, 2.45) is 0 Å². The number of anilines is 1. The molecule has 1 unspecified atom stereocenters. The number of halogens is 1. The van der Waals surface area contributed by atoms with Gasteiger partial charge in [0, 0.05) is 16.7 Å². The Morgan fingerprint density at radius 1 is 1.21 bits per heavy atom. The molecule has 1 N–H and O–H groups in total. The topological polar surface area (TPSA) is 12.0 Å². The monoisotopic (exact) mass is 289 g/mol. The van der Waals surface area contributed by atoms with E-state index in [-0.39, 0.29) is 0 Å². The SMILES string of the molecule is Cc1cccc(Cl)c1NCC1Cc2ccccc2S1. The molecule has 0 radical (unpaired) electrons. The average molecular weight is 290 g/mol. The summed E-state index contributed by atoms with van der Waals surface area (Å²) in [5.41, 5.74) is 3.74. The van der Waals surface area contributed by atoms with Crippen molar-refractivity contribution in [2.45, 2.75) is 23.5 Å². The summed E-state index contributed by atoms with van der Waals surface area (Å²) < 4.78 is 0. The summed E-state index contributed by atoms with van der Waals surface area (Å²) in [5.74, 6) is 0. The van der Waals surface area contributed by atoms with Crippen molar-refractivity contribution in [1.82, 2.24) is 0 Å². The van der Waals surface area contributed by atoms with Crippen LogP contribution in [0.4, 0.5) is 5.69 Å². The van der Waals surface area contributed by atoms with Crippen LogP contribution in [0.3, 0.4) is 0 Å². The molecule has 0 saturated heterocycles. The molecule has 3 rings (SSSR count). The van der Waals surface area contributed by atoms with E-state index < -0.39 is 0 Å². The second-order valence-corrected chi connectivity index (χ2v) is 6.61. The lowest BCUT2D eigenvalue weighted by molar-refractivity contribution is 0.898. The Morgan fingerprint density at radius 3 is 2.84 bits per heavy atom. The van der Waals surface area contributed by atoms with Gasteiger partial charge in [0.1, 0.15) is 0 Å². The van der Waals surface area contributed by atoms with Crippen LogP contribution < -0.4 is 5.32 Å². The Balaban J connectivity index is 1.66. The summed E-state index contributed by atoms with van der Waals surface area (Å²) in [6.07, 6.45) is 1.14. The molecule has 3 heteroatoms. The van der Waals surface area contributed by atoms with E-state index in [2.05, 4.69) is 42.6 Å². The van der Waals surface area contributed by atoms with Gasteiger partial charge < -0.3 is 5.32 Å². The summed E-state index contributed by atoms with van der Waals surface area (Å²) in [7, 11) is 0. The van der Waals surface area contributed by atoms with Gasteiger partial charge >= 0.3 is 0 Å². The number of para-hydroxylation sites is 1. The summed E-state index contributed by atoms with van der Waals surface area (Å²) in [5, 5.41) is 4.90. The van der Waals surface area contributed by atoms with E-state index in [1.807, 2.05) is 23.9 Å². The van der Waals surface area contributed by atoms with Crippen molar-refractivity contribution in [3.63, 3.8) is 0 Å². The molecule has 1 aliphatic heterocycles. The van der Waals surface area contributed by atoms with Crippen molar-refractivity contribution in [3.8, 4) is 0 Å². The van der Waals surface area contributed by atoms with E-state index >= 15 is 0 Å². The molecule has 1 aliphatic rings. The summed E-state index contributed by atoms with van der Waals surface area (Å²) in [6.45, 7) is 3.04. The largest absolute Gasteiger partial charge is 0.382 e. The van der Waals surface area contributed by atoms with Gasteiger partial charge in [-0.2, -0.15) is 0 Å². The lowest BCUT2D eigenvalue weighted by Crippen LogP contribution is -2.16. The first kappa shape index (κ1) is 12.9. The number of benzene rings is 2. The third-order valence-corrected chi connectivity index (χ3v) is 5.08. The van der Waals surface area contributed by atoms with Gasteiger partial charge in [-0.05, 0) is 36.6 Å². The zero-order valence-electron chi connectivity index (χ0n) is 10.8. The van der Waals surface area contributed by atoms with Crippen molar-refractivity contribution >= 4 is 29.1 Å². The number of hydrogen-bond acceptors (Lipinski definition) is 2. The maximum atomic E-state index is 6.23. The van der Waals surface area contributed by atoms with Gasteiger partial charge in [-0.1, -0.05) is 41.9 Å². The van der Waals surface area contributed by atoms with Crippen LogP contribution in [0.1, 0.15) is 11.1 Å². The highest BCUT2D eigenvalue weighted by molar-refractivity contribution is 8.00. The average Bonchev–Trinajstić information content (AvgIpc) is 2.81. The third kappa shape index (κ3) is 2.75. The maximum absolute atomic E-state index is 6.23. The number of nitrogens with one attached hydrogen (secondary N) is 1. The lowest BCUT2D eigenvalue weighted by atomic mass is 10.1. The molecule has 0 amide bonds. The van der Waals surface area contributed by atoms with Crippen LogP contribution in [-0.2, 0) is 6.42 Å². The van der Waals surface area contributed by atoms with E-state index in [0.29, 0.717) is 5.25 Å². The van der Waals surface area contributed by atoms with Crippen LogP contribution >= 0.6 is 23.4 Å². The molecular weight excluding hydrogens is 274 g/mol. The van der Waals surface area contributed by atoms with Gasteiger partial charge in [-0.25, -0.2) is 0 Å². The quantitative estimate of drug-likeness (QED) is 0.873. The van der Waals surface area contributed by atoms with E-state index in [1.165, 1.54) is 16.0 Å². The molecule has 0 spiro atoms. The zero-order valence-corrected chi connectivity index (χ0v) is 12.4. The standard InChI is InChI=1S/C16H16ClNS/c1-11-5-4-7-14(17)16(11)18-10-13-9-12-6-2-3-8-15(12)19-13/h2-8,13,18H,9-10H2,1H3. The first-order valence-electron chi connectivity index (χ1n) is 6.47. The number of rotatable bonds is 3. The molecule has 1 nitrogen and oxygen atoms in total. The Labute approximate surface area is 123 Å². The molecular formula is C16H16ClNS. The molecule has 2 aromatic carbocycles. The Bertz CT molecular complexity index is 552. The first-order chi connectivity index (χ1) is 9.24. The highest BCUT2D eigenvalue weighted by Gasteiger charge is 2.21. The smallest absolute Gasteiger partial charge is 0.0640 e. The van der Waals surface area contributed by atoms with Gasteiger partial charge in [0.2, 0.25) is 0 Å². The van der Waals surface area contributed by atoms with Gasteiger partial charge in [0.15, 0.2) is 0 Å². The van der Waals surface area contributed by atoms with Crippen LogP contribution in [0.25, 0.3) is 0 Å². The van der Waals surface area contributed by atoms with Crippen LogP contribution in [0, 0.1) is 6.92 Å². The van der Waals surface area contributed by atoms with Crippen LogP contribution in [0.2, 0.25) is 5.02 Å². The zero-order chi connectivity index (χ0) is 13.2. The van der Waals surface area contributed by atoms with Gasteiger partial charge in [-0.3, -0.25) is 0 Å². The third-order valence-electron chi connectivity index (χ3n) is 3.44. The normalized spacial score (nSPS) is 17.3. The van der Waals surface area contributed by atoms with Crippen molar-refractivity contribution in [2.75, 3.05) is 11.9 Å². The van der Waals surface area contributed by atoms with Crippen molar-refractivity contribution in [1.29, 1.82) is 0 Å². The minimum atomic E-state index is 0.591. The molecule has 98 valence electrons. The van der Waals surface area contributed by atoms with Crippen LogP contribution in [-0.4, -0.2) is 11.8 Å². The molecule has 0 bridgehead atoms. The van der Waals surface area contributed by atoms with E-state index in [0.717, 1.165) is 23.7 Å². The Hall–Kier alpha value is -1.12. The number of aryl methyl sites for hydroxylation is 1. The van der Waals surface area contributed by atoms with E-state index in [9.17, 15) is 0 Å². The fourth-order valence-corrected chi connectivity index (χ4v) is 3.98. The second-order valence-electron chi connectivity index (χ2n) is 4.86. The van der Waals surface area contributed by atoms with E-state index in [4.69, 9.17) is 11.6 Å². The predicted octanol–water partition coefficient (Wildman–Crippen LogP) is 4.78. The van der Waals surface area contributed by atoms with Gasteiger partial charge in [0.25, 0.3) is 0 Å². The summed E-state index contributed by atoms with van der Waals surface area (Å²) in [6, 6.07) is 14.7. The summed E-state index contributed by atoms with van der Waals surface area (Å²) in [4.78, 5) is 1.42. The molecule has 19 heavy (non-hydrogen) atoms. The predicted molar refractivity (Wildman–Crippen MR) is 84.5 cm³/mol. The fraction of sp³-hybridized carbons (Fsp3) is 0.250. The molecule has 2 aromatic rings. The number of thioether (sulfide) groups is 1. The highest BCUT2D eigenvalue weighted by atomic mass is 35.5. The van der Waals surface area contributed by atoms with Crippen LogP contribution in [0.5, 0.6) is 0 Å². The maximum Gasteiger partial charge on any atom is 0.0640 e. The minimum absolute atomic E-state index is 0.591. The number of fused-ring (bicyclic) bond motifs is 1. The van der Waals surface area contributed by atoms with Gasteiger partial charge in [-0.15, -0.1) is 11.8 Å². The molecule has 0 saturated carbocycles.